The van der Waals surface area contributed by atoms with Gasteiger partial charge >= 0.3 is 0 Å². The third-order valence-electron chi connectivity index (χ3n) is 5.03. The van der Waals surface area contributed by atoms with E-state index >= 15 is 0 Å². The van der Waals surface area contributed by atoms with Crippen molar-refractivity contribution in [3.05, 3.63) is 42.5 Å². The average molecular weight is 391 g/mol. The molecule has 0 bridgehead atoms. The Morgan fingerprint density at radius 3 is 2.79 bits per heavy atom. The number of aromatic amines is 1. The van der Waals surface area contributed by atoms with Crippen LogP contribution in [0.25, 0.3) is 11.0 Å². The van der Waals surface area contributed by atoms with Crippen LogP contribution in [0.2, 0.25) is 19.6 Å². The van der Waals surface area contributed by atoms with Gasteiger partial charge in [-0.3, -0.25) is 0 Å². The summed E-state index contributed by atoms with van der Waals surface area (Å²) in [4.78, 5) is 21.2. The van der Waals surface area contributed by atoms with E-state index in [2.05, 4.69) is 80.0 Å². The second kappa shape index (κ2) is 7.28. The maximum Gasteiger partial charge on any atom is 0.142 e. The second-order valence-electron chi connectivity index (χ2n) is 8.34. The number of hydrogen-bond donors (Lipinski definition) is 1. The summed E-state index contributed by atoms with van der Waals surface area (Å²) in [7, 11) is 0.752. The standard InChI is InChI=1S/C21H26N6Si/c1-26(19-6-5-16(13-23-19)9-12-28(2,3)4)17-8-11-27(14-17)21-18-7-10-22-20(18)24-15-25-21/h5-7,10,13,15,17H,8,11,14H2,1-4H3,(H,22,24,25)/t17-/m1/s1. The summed E-state index contributed by atoms with van der Waals surface area (Å²) in [6, 6.07) is 6.59. The monoisotopic (exact) mass is 390 g/mol. The Hall–Kier alpha value is -2.85. The van der Waals surface area contributed by atoms with Crippen LogP contribution in [0.1, 0.15) is 12.0 Å². The molecule has 0 aromatic carbocycles. The fraction of sp³-hybridized carbons (Fsp3) is 0.381. The quantitative estimate of drug-likeness (QED) is 0.549. The first-order valence-corrected chi connectivity index (χ1v) is 13.2. The van der Waals surface area contributed by atoms with Crippen LogP contribution in [0.5, 0.6) is 0 Å². The minimum absolute atomic E-state index is 0.398. The van der Waals surface area contributed by atoms with Crippen molar-refractivity contribution in [2.45, 2.75) is 32.1 Å². The molecule has 0 amide bonds. The summed E-state index contributed by atoms with van der Waals surface area (Å²) >= 11 is 0. The van der Waals surface area contributed by atoms with Gasteiger partial charge in [0.05, 0.1) is 5.39 Å². The molecule has 1 aliphatic rings. The summed E-state index contributed by atoms with van der Waals surface area (Å²) < 4.78 is 0. The Kier molecular flexibility index (Phi) is 4.81. The number of hydrogen-bond acceptors (Lipinski definition) is 5. The van der Waals surface area contributed by atoms with Crippen molar-refractivity contribution in [2.24, 2.45) is 0 Å². The molecular weight excluding hydrogens is 364 g/mol. The van der Waals surface area contributed by atoms with Gasteiger partial charge in [-0.25, -0.2) is 15.0 Å². The molecule has 0 radical (unpaired) electrons. The maximum absolute atomic E-state index is 4.65. The molecule has 1 N–H and O–H groups in total. The van der Waals surface area contributed by atoms with Crippen LogP contribution >= 0.6 is 0 Å². The Bertz CT molecular complexity index is 1020. The van der Waals surface area contributed by atoms with Gasteiger partial charge in [0.25, 0.3) is 0 Å². The molecule has 4 heterocycles. The first-order chi connectivity index (χ1) is 13.4. The van der Waals surface area contributed by atoms with Gasteiger partial charge in [-0.2, -0.15) is 0 Å². The van der Waals surface area contributed by atoms with E-state index in [4.69, 9.17) is 0 Å². The molecular formula is C21H26N6Si. The number of fused-ring (bicyclic) bond motifs is 1. The molecule has 144 valence electrons. The van der Waals surface area contributed by atoms with Crippen molar-refractivity contribution in [2.75, 3.05) is 29.9 Å². The zero-order chi connectivity index (χ0) is 19.7. The van der Waals surface area contributed by atoms with E-state index in [0.717, 1.165) is 47.7 Å². The first kappa shape index (κ1) is 18.5. The number of nitrogens with zero attached hydrogens (tertiary/aromatic N) is 5. The van der Waals surface area contributed by atoms with Crippen molar-refractivity contribution < 1.29 is 0 Å². The lowest BCUT2D eigenvalue weighted by Crippen LogP contribution is -2.35. The third kappa shape index (κ3) is 3.87. The smallest absolute Gasteiger partial charge is 0.142 e. The average Bonchev–Trinajstić information content (AvgIpc) is 3.35. The van der Waals surface area contributed by atoms with E-state index in [0.29, 0.717) is 6.04 Å². The lowest BCUT2D eigenvalue weighted by atomic mass is 10.2. The molecule has 1 aliphatic heterocycles. The molecule has 0 aliphatic carbocycles. The van der Waals surface area contributed by atoms with Gasteiger partial charge in [0, 0.05) is 44.1 Å². The zero-order valence-corrected chi connectivity index (χ0v) is 17.9. The van der Waals surface area contributed by atoms with Gasteiger partial charge in [-0.1, -0.05) is 25.6 Å². The minimum atomic E-state index is -1.37. The molecule has 4 rings (SSSR count). The summed E-state index contributed by atoms with van der Waals surface area (Å²) in [5.41, 5.74) is 5.27. The van der Waals surface area contributed by atoms with Gasteiger partial charge in [-0.15, -0.1) is 5.54 Å². The van der Waals surface area contributed by atoms with Gasteiger partial charge < -0.3 is 14.8 Å². The van der Waals surface area contributed by atoms with Crippen molar-refractivity contribution in [3.8, 4) is 11.5 Å². The largest absolute Gasteiger partial charge is 0.355 e. The predicted octanol–water partition coefficient (Wildman–Crippen LogP) is 3.30. The molecule has 28 heavy (non-hydrogen) atoms. The third-order valence-corrected chi connectivity index (χ3v) is 5.91. The molecule has 1 saturated heterocycles. The second-order valence-corrected chi connectivity index (χ2v) is 13.1. The number of pyridine rings is 1. The molecule has 1 fully saturated rings. The fourth-order valence-corrected chi connectivity index (χ4v) is 4.00. The SMILES string of the molecule is CN(c1ccc(C#C[Si](C)(C)C)cn1)[C@@H]1CCN(c2ncnc3[nH]ccc23)C1. The van der Waals surface area contributed by atoms with Gasteiger partial charge in [0.15, 0.2) is 0 Å². The summed E-state index contributed by atoms with van der Waals surface area (Å²) in [5.74, 6) is 5.26. The van der Waals surface area contributed by atoms with Crippen molar-refractivity contribution in [1.29, 1.82) is 0 Å². The van der Waals surface area contributed by atoms with E-state index in [-0.39, 0.29) is 0 Å². The van der Waals surface area contributed by atoms with Crippen LogP contribution in [0.4, 0.5) is 11.6 Å². The van der Waals surface area contributed by atoms with Crippen LogP contribution in [0, 0.1) is 11.5 Å². The highest BCUT2D eigenvalue weighted by Gasteiger charge is 2.28. The lowest BCUT2D eigenvalue weighted by molar-refractivity contribution is 0.684. The molecule has 7 heteroatoms. The number of H-pyrrole nitrogens is 1. The predicted molar refractivity (Wildman–Crippen MR) is 117 cm³/mol. The summed E-state index contributed by atoms with van der Waals surface area (Å²) in [5, 5.41) is 1.08. The molecule has 0 saturated carbocycles. The van der Waals surface area contributed by atoms with E-state index in [1.54, 1.807) is 6.33 Å². The van der Waals surface area contributed by atoms with Gasteiger partial charge in [0.1, 0.15) is 31.7 Å². The zero-order valence-electron chi connectivity index (χ0n) is 16.9. The summed E-state index contributed by atoms with van der Waals surface area (Å²) in [6.07, 6.45) is 6.51. The van der Waals surface area contributed by atoms with Crippen LogP contribution in [-0.2, 0) is 0 Å². The van der Waals surface area contributed by atoms with Crippen molar-refractivity contribution in [3.63, 3.8) is 0 Å². The molecule has 3 aromatic heterocycles. The van der Waals surface area contributed by atoms with Crippen molar-refractivity contribution in [1.82, 2.24) is 19.9 Å². The topological polar surface area (TPSA) is 60.9 Å². The molecule has 6 nitrogen and oxygen atoms in total. The number of anilines is 2. The molecule has 1 atom stereocenters. The molecule has 0 spiro atoms. The number of likely N-dealkylation sites (N-methyl/N-ethyl adjacent to an activating group) is 1. The van der Waals surface area contributed by atoms with Crippen LogP contribution in [0.3, 0.4) is 0 Å². The van der Waals surface area contributed by atoms with E-state index < -0.39 is 8.07 Å². The lowest BCUT2D eigenvalue weighted by Gasteiger charge is -2.26. The highest BCUT2D eigenvalue weighted by Crippen LogP contribution is 2.28. The Labute approximate surface area is 167 Å². The normalized spacial score (nSPS) is 16.9. The van der Waals surface area contributed by atoms with Crippen LogP contribution in [-0.4, -0.2) is 54.2 Å². The first-order valence-electron chi connectivity index (χ1n) is 9.66. The highest BCUT2D eigenvalue weighted by atomic mass is 28.3. The van der Waals surface area contributed by atoms with E-state index in [1.807, 2.05) is 18.5 Å². The summed E-state index contributed by atoms with van der Waals surface area (Å²) in [6.45, 7) is 8.65. The van der Waals surface area contributed by atoms with E-state index in [1.165, 1.54) is 0 Å². The van der Waals surface area contributed by atoms with E-state index in [9.17, 15) is 0 Å². The number of nitrogens with one attached hydrogen (secondary N) is 1. The van der Waals surface area contributed by atoms with Crippen LogP contribution < -0.4 is 9.80 Å². The number of rotatable bonds is 3. The molecule has 3 aromatic rings. The Morgan fingerprint density at radius 2 is 2.04 bits per heavy atom. The highest BCUT2D eigenvalue weighted by molar-refractivity contribution is 6.83. The fourth-order valence-electron chi connectivity index (χ4n) is 3.48. The Balaban J connectivity index is 1.46. The molecule has 0 unspecified atom stereocenters. The van der Waals surface area contributed by atoms with Gasteiger partial charge in [0.2, 0.25) is 0 Å². The van der Waals surface area contributed by atoms with Crippen molar-refractivity contribution >= 4 is 30.7 Å². The minimum Gasteiger partial charge on any atom is -0.355 e. The van der Waals surface area contributed by atoms with Crippen LogP contribution in [0.15, 0.2) is 36.9 Å². The maximum atomic E-state index is 4.65. The Morgan fingerprint density at radius 1 is 1.18 bits per heavy atom. The van der Waals surface area contributed by atoms with Gasteiger partial charge in [-0.05, 0) is 24.6 Å². The number of aromatic nitrogens is 4.